The molecular formula is C10H7IN2O5. The van der Waals surface area contributed by atoms with Crippen LogP contribution in [0.5, 0.6) is 5.75 Å². The third-order valence-corrected chi connectivity index (χ3v) is 2.71. The SMILES string of the molecule is COC(=O)COc1c(I)cc(C#N)cc1[N+](=O)[O-]. The summed E-state index contributed by atoms with van der Waals surface area (Å²) in [6, 6.07) is 4.33. The van der Waals surface area contributed by atoms with E-state index >= 15 is 0 Å². The lowest BCUT2D eigenvalue weighted by atomic mass is 10.2. The maximum atomic E-state index is 10.9. The number of ether oxygens (including phenoxy) is 2. The van der Waals surface area contributed by atoms with Crippen molar-refractivity contribution in [1.82, 2.24) is 0 Å². The maximum absolute atomic E-state index is 10.9. The minimum atomic E-state index is -0.671. The maximum Gasteiger partial charge on any atom is 0.343 e. The Hall–Kier alpha value is -1.89. The summed E-state index contributed by atoms with van der Waals surface area (Å²) in [5.74, 6) is -0.700. The normalized spacial score (nSPS) is 9.39. The van der Waals surface area contributed by atoms with Gasteiger partial charge in [-0.25, -0.2) is 4.79 Å². The summed E-state index contributed by atoms with van der Waals surface area (Å²) in [6.45, 7) is -0.431. The molecule has 0 unspecified atom stereocenters. The first-order valence-corrected chi connectivity index (χ1v) is 5.65. The predicted molar refractivity (Wildman–Crippen MR) is 68.0 cm³/mol. The van der Waals surface area contributed by atoms with Gasteiger partial charge in [0.2, 0.25) is 5.75 Å². The molecule has 0 saturated heterocycles. The Morgan fingerprint density at radius 3 is 2.78 bits per heavy atom. The number of rotatable bonds is 4. The van der Waals surface area contributed by atoms with Gasteiger partial charge in [-0.05, 0) is 28.7 Å². The fourth-order valence-corrected chi connectivity index (χ4v) is 1.88. The molecule has 0 atom stereocenters. The standard InChI is InChI=1S/C10H7IN2O5/c1-17-9(14)5-18-10-7(11)2-6(4-12)3-8(10)13(15)16/h2-3H,5H2,1H3. The molecule has 0 aliphatic heterocycles. The van der Waals surface area contributed by atoms with Crippen molar-refractivity contribution in [1.29, 1.82) is 5.26 Å². The summed E-state index contributed by atoms with van der Waals surface area (Å²) in [6.07, 6.45) is 0. The zero-order chi connectivity index (χ0) is 13.7. The Morgan fingerprint density at radius 2 is 2.28 bits per heavy atom. The first-order chi connectivity index (χ1) is 8.49. The summed E-state index contributed by atoms with van der Waals surface area (Å²) < 4.78 is 9.79. The summed E-state index contributed by atoms with van der Waals surface area (Å²) in [7, 11) is 1.18. The largest absolute Gasteiger partial charge is 0.474 e. The van der Waals surface area contributed by atoms with Crippen molar-refractivity contribution < 1.29 is 19.2 Å². The number of carbonyl (C=O) groups is 1. The molecule has 18 heavy (non-hydrogen) atoms. The Morgan fingerprint density at radius 1 is 1.61 bits per heavy atom. The minimum Gasteiger partial charge on any atom is -0.474 e. The van der Waals surface area contributed by atoms with Crippen molar-refractivity contribution in [3.63, 3.8) is 0 Å². The molecule has 0 fully saturated rings. The first-order valence-electron chi connectivity index (χ1n) is 4.57. The van der Waals surface area contributed by atoms with E-state index in [4.69, 9.17) is 10.00 Å². The number of nitro groups is 1. The predicted octanol–water partition coefficient (Wildman–Crippen LogP) is 1.62. The second-order valence-corrected chi connectivity index (χ2v) is 4.20. The van der Waals surface area contributed by atoms with Gasteiger partial charge in [0.15, 0.2) is 6.61 Å². The summed E-state index contributed by atoms with van der Waals surface area (Å²) in [5, 5.41) is 19.6. The van der Waals surface area contributed by atoms with Crippen molar-refractivity contribution in [3.8, 4) is 11.8 Å². The molecule has 0 radical (unpaired) electrons. The molecular weight excluding hydrogens is 355 g/mol. The van der Waals surface area contributed by atoms with Gasteiger partial charge in [0, 0.05) is 6.07 Å². The van der Waals surface area contributed by atoms with Crippen molar-refractivity contribution in [2.24, 2.45) is 0 Å². The van der Waals surface area contributed by atoms with Crippen LogP contribution in [0.25, 0.3) is 0 Å². The molecule has 1 aromatic rings. The number of halogens is 1. The lowest BCUT2D eigenvalue weighted by Gasteiger charge is -2.07. The van der Waals surface area contributed by atoms with Crippen LogP contribution in [0.3, 0.4) is 0 Å². The third kappa shape index (κ3) is 3.30. The molecule has 0 heterocycles. The van der Waals surface area contributed by atoms with Gasteiger partial charge in [0.1, 0.15) is 0 Å². The molecule has 0 spiro atoms. The van der Waals surface area contributed by atoms with E-state index in [0.29, 0.717) is 3.57 Å². The quantitative estimate of drug-likeness (QED) is 0.349. The average Bonchev–Trinajstić information content (AvgIpc) is 2.35. The van der Waals surface area contributed by atoms with Crippen LogP contribution in [0, 0.1) is 25.0 Å². The van der Waals surface area contributed by atoms with Crippen LogP contribution < -0.4 is 4.74 Å². The van der Waals surface area contributed by atoms with Crippen molar-refractivity contribution in [2.75, 3.05) is 13.7 Å². The number of nitrogens with zero attached hydrogens (tertiary/aromatic N) is 2. The molecule has 1 aromatic carbocycles. The molecule has 0 aliphatic carbocycles. The van der Waals surface area contributed by atoms with Gasteiger partial charge in [-0.3, -0.25) is 10.1 Å². The highest BCUT2D eigenvalue weighted by atomic mass is 127. The fourth-order valence-electron chi connectivity index (χ4n) is 1.11. The van der Waals surface area contributed by atoms with E-state index in [9.17, 15) is 14.9 Å². The van der Waals surface area contributed by atoms with Crippen molar-refractivity contribution >= 4 is 34.2 Å². The van der Waals surface area contributed by atoms with Gasteiger partial charge >= 0.3 is 11.7 Å². The number of hydrogen-bond acceptors (Lipinski definition) is 6. The smallest absolute Gasteiger partial charge is 0.343 e. The summed E-state index contributed by atoms with van der Waals surface area (Å²) in [5.41, 5.74) is -0.209. The molecule has 1 rings (SSSR count). The van der Waals surface area contributed by atoms with E-state index in [1.165, 1.54) is 13.2 Å². The number of nitro benzene ring substituents is 1. The topological polar surface area (TPSA) is 102 Å². The summed E-state index contributed by atoms with van der Waals surface area (Å²) in [4.78, 5) is 21.1. The van der Waals surface area contributed by atoms with Gasteiger partial charge in [-0.1, -0.05) is 0 Å². The van der Waals surface area contributed by atoms with Gasteiger partial charge in [0.25, 0.3) is 0 Å². The van der Waals surface area contributed by atoms with E-state index in [2.05, 4.69) is 4.74 Å². The van der Waals surface area contributed by atoms with Crippen molar-refractivity contribution in [2.45, 2.75) is 0 Å². The van der Waals surface area contributed by atoms with Gasteiger partial charge in [-0.2, -0.15) is 5.26 Å². The number of nitriles is 1. The summed E-state index contributed by atoms with van der Waals surface area (Å²) >= 11 is 1.79. The second-order valence-electron chi connectivity index (χ2n) is 3.04. The minimum absolute atomic E-state index is 0.0509. The number of hydrogen-bond donors (Lipinski definition) is 0. The molecule has 8 heteroatoms. The molecule has 0 saturated carbocycles. The van der Waals surface area contributed by atoms with Crippen LogP contribution in [0.1, 0.15) is 5.56 Å². The third-order valence-electron chi connectivity index (χ3n) is 1.91. The second kappa shape index (κ2) is 6.15. The fraction of sp³-hybridized carbons (Fsp3) is 0.200. The van der Waals surface area contributed by atoms with Gasteiger partial charge < -0.3 is 9.47 Å². The van der Waals surface area contributed by atoms with E-state index < -0.39 is 17.5 Å². The molecule has 7 nitrogen and oxygen atoms in total. The lowest BCUT2D eigenvalue weighted by molar-refractivity contribution is -0.385. The highest BCUT2D eigenvalue weighted by Crippen LogP contribution is 2.33. The van der Waals surface area contributed by atoms with E-state index in [-0.39, 0.29) is 17.0 Å². The van der Waals surface area contributed by atoms with Gasteiger partial charge in [0.05, 0.1) is 27.2 Å². The van der Waals surface area contributed by atoms with Crippen LogP contribution in [0.15, 0.2) is 12.1 Å². The van der Waals surface area contributed by atoms with Crippen LogP contribution in [-0.4, -0.2) is 24.6 Å². The van der Waals surface area contributed by atoms with E-state index in [1.807, 2.05) is 6.07 Å². The lowest BCUT2D eigenvalue weighted by Crippen LogP contribution is -2.14. The molecule has 0 aromatic heterocycles. The molecule has 0 aliphatic rings. The van der Waals surface area contributed by atoms with Crippen molar-refractivity contribution in [3.05, 3.63) is 31.4 Å². The van der Waals surface area contributed by atoms with E-state index in [1.54, 1.807) is 22.6 Å². The highest BCUT2D eigenvalue weighted by Gasteiger charge is 2.21. The number of methoxy groups -OCH3 is 1. The first kappa shape index (κ1) is 14.2. The Kier molecular flexibility index (Phi) is 4.85. The van der Waals surface area contributed by atoms with Crippen LogP contribution >= 0.6 is 22.6 Å². The molecule has 0 amide bonds. The number of benzene rings is 1. The van der Waals surface area contributed by atoms with Crippen LogP contribution in [-0.2, 0) is 9.53 Å². The number of carbonyl (C=O) groups excluding carboxylic acids is 1. The van der Waals surface area contributed by atoms with Gasteiger partial charge in [-0.15, -0.1) is 0 Å². The average molecular weight is 362 g/mol. The molecule has 0 N–H and O–H groups in total. The number of esters is 1. The Labute approximate surface area is 116 Å². The highest BCUT2D eigenvalue weighted by molar-refractivity contribution is 14.1. The Bertz CT molecular complexity index is 538. The van der Waals surface area contributed by atoms with Crippen LogP contribution in [0.2, 0.25) is 0 Å². The van der Waals surface area contributed by atoms with E-state index in [0.717, 1.165) is 6.07 Å². The molecule has 0 bridgehead atoms. The molecule has 94 valence electrons. The monoisotopic (exact) mass is 362 g/mol. The van der Waals surface area contributed by atoms with Crippen LogP contribution in [0.4, 0.5) is 5.69 Å². The zero-order valence-electron chi connectivity index (χ0n) is 9.18. The Balaban J connectivity index is 3.13. The zero-order valence-corrected chi connectivity index (χ0v) is 11.3.